The fourth-order valence-electron chi connectivity index (χ4n) is 2.72. The quantitative estimate of drug-likeness (QED) is 0.785. The number of nitrogens with zero attached hydrogens (tertiary/aromatic N) is 3. The van der Waals surface area contributed by atoms with Crippen molar-refractivity contribution in [3.05, 3.63) is 45.7 Å². The van der Waals surface area contributed by atoms with E-state index in [0.717, 1.165) is 11.4 Å². The normalized spacial score (nSPS) is 18.5. The summed E-state index contributed by atoms with van der Waals surface area (Å²) in [5.74, 6) is 0. The van der Waals surface area contributed by atoms with Crippen molar-refractivity contribution in [2.45, 2.75) is 31.3 Å². The van der Waals surface area contributed by atoms with Crippen LogP contribution in [0, 0.1) is 13.8 Å². The summed E-state index contributed by atoms with van der Waals surface area (Å²) in [6.07, 6.45) is 0.238. The number of sulfonamides is 1. The highest BCUT2D eigenvalue weighted by Crippen LogP contribution is 2.30. The van der Waals surface area contributed by atoms with Gasteiger partial charge in [0.1, 0.15) is 11.0 Å². The average Bonchev–Trinajstić information content (AvgIpc) is 2.98. The lowest BCUT2D eigenvalue weighted by Crippen LogP contribution is -2.31. The second kappa shape index (κ2) is 7.07. The van der Waals surface area contributed by atoms with Crippen molar-refractivity contribution in [3.63, 3.8) is 0 Å². The van der Waals surface area contributed by atoms with Crippen LogP contribution < -0.4 is 4.74 Å². The number of aryl methyl sites for hydroxylation is 2. The zero-order valence-electron chi connectivity index (χ0n) is 13.7. The molecule has 25 heavy (non-hydrogen) atoms. The second-order valence-corrected chi connectivity index (χ2v) is 8.65. The molecule has 2 aromatic rings. The van der Waals surface area contributed by atoms with Gasteiger partial charge in [-0.05, 0) is 44.5 Å². The van der Waals surface area contributed by atoms with Crippen molar-refractivity contribution < 1.29 is 13.2 Å². The van der Waals surface area contributed by atoms with Gasteiger partial charge in [-0.2, -0.15) is 4.31 Å². The van der Waals surface area contributed by atoms with E-state index in [9.17, 15) is 8.42 Å². The van der Waals surface area contributed by atoms with Crippen LogP contribution in [0.5, 0.6) is 6.01 Å². The molecule has 0 bridgehead atoms. The number of aromatic nitrogens is 2. The first kappa shape index (κ1) is 18.4. The van der Waals surface area contributed by atoms with Crippen molar-refractivity contribution in [1.82, 2.24) is 14.3 Å². The largest absolute Gasteiger partial charge is 0.459 e. The molecule has 1 aromatic carbocycles. The lowest BCUT2D eigenvalue weighted by molar-refractivity contribution is 0.197. The van der Waals surface area contributed by atoms with Gasteiger partial charge in [0.15, 0.2) is 0 Å². The van der Waals surface area contributed by atoms with Gasteiger partial charge in [0, 0.05) is 23.0 Å². The molecule has 1 saturated heterocycles. The molecule has 134 valence electrons. The third-order valence-electron chi connectivity index (χ3n) is 3.85. The Morgan fingerprint density at radius 1 is 1.16 bits per heavy atom. The van der Waals surface area contributed by atoms with Crippen LogP contribution in [-0.4, -0.2) is 41.9 Å². The Hall–Kier alpha value is -1.41. The summed E-state index contributed by atoms with van der Waals surface area (Å²) in [6, 6.07) is 6.50. The summed E-state index contributed by atoms with van der Waals surface area (Å²) in [7, 11) is -3.74. The molecule has 6 nitrogen and oxygen atoms in total. The van der Waals surface area contributed by atoms with Crippen molar-refractivity contribution in [1.29, 1.82) is 0 Å². The van der Waals surface area contributed by atoms with Crippen molar-refractivity contribution in [2.75, 3.05) is 13.1 Å². The smallest absolute Gasteiger partial charge is 0.317 e. The van der Waals surface area contributed by atoms with E-state index in [0.29, 0.717) is 18.0 Å². The van der Waals surface area contributed by atoms with Crippen molar-refractivity contribution in [2.24, 2.45) is 0 Å². The number of hydrogen-bond acceptors (Lipinski definition) is 5. The van der Waals surface area contributed by atoms with E-state index in [4.69, 9.17) is 27.9 Å². The summed E-state index contributed by atoms with van der Waals surface area (Å²) >= 11 is 12.0. The van der Waals surface area contributed by atoms with Gasteiger partial charge in [-0.15, -0.1) is 0 Å². The van der Waals surface area contributed by atoms with Crippen LogP contribution in [0.2, 0.25) is 10.0 Å². The number of rotatable bonds is 4. The maximum absolute atomic E-state index is 12.8. The first-order valence-electron chi connectivity index (χ1n) is 7.70. The molecule has 9 heteroatoms. The van der Waals surface area contributed by atoms with Crippen LogP contribution in [0.25, 0.3) is 0 Å². The monoisotopic (exact) mass is 401 g/mol. The van der Waals surface area contributed by atoms with E-state index in [-0.39, 0.29) is 28.6 Å². The molecule has 0 amide bonds. The van der Waals surface area contributed by atoms with Gasteiger partial charge in [-0.25, -0.2) is 18.4 Å². The number of halogens is 2. The zero-order valence-corrected chi connectivity index (χ0v) is 16.1. The Morgan fingerprint density at radius 2 is 1.84 bits per heavy atom. The van der Waals surface area contributed by atoms with Crippen molar-refractivity contribution >= 4 is 33.2 Å². The number of benzene rings is 1. The molecule has 1 aliphatic rings. The lowest BCUT2D eigenvalue weighted by Gasteiger charge is -2.18. The van der Waals surface area contributed by atoms with Crippen LogP contribution >= 0.6 is 23.2 Å². The molecule has 1 aromatic heterocycles. The molecule has 1 unspecified atom stereocenters. The minimum absolute atomic E-state index is 0.00460. The molecular weight excluding hydrogens is 385 g/mol. The molecule has 1 fully saturated rings. The van der Waals surface area contributed by atoms with E-state index in [2.05, 4.69) is 9.97 Å². The highest BCUT2D eigenvalue weighted by molar-refractivity contribution is 7.89. The van der Waals surface area contributed by atoms with Crippen LogP contribution in [0.1, 0.15) is 17.8 Å². The Labute approximate surface area is 156 Å². The molecule has 1 aliphatic heterocycles. The molecule has 0 radical (unpaired) electrons. The zero-order chi connectivity index (χ0) is 18.2. The lowest BCUT2D eigenvalue weighted by atomic mass is 10.3. The fourth-order valence-corrected chi connectivity index (χ4v) is 4.95. The molecule has 2 heterocycles. The molecule has 1 atom stereocenters. The Balaban J connectivity index is 1.76. The van der Waals surface area contributed by atoms with Crippen LogP contribution in [0.3, 0.4) is 0 Å². The predicted octanol–water partition coefficient (Wildman–Crippen LogP) is 3.24. The Morgan fingerprint density at radius 3 is 2.52 bits per heavy atom. The van der Waals surface area contributed by atoms with Gasteiger partial charge in [0.05, 0.1) is 11.6 Å². The minimum Gasteiger partial charge on any atom is -0.459 e. The number of hydrogen-bond donors (Lipinski definition) is 0. The van der Waals surface area contributed by atoms with E-state index in [1.807, 2.05) is 19.9 Å². The summed E-state index contributed by atoms with van der Waals surface area (Å²) in [5, 5.41) is 0.463. The summed E-state index contributed by atoms with van der Waals surface area (Å²) < 4.78 is 32.7. The SMILES string of the molecule is Cc1cc(C)nc(OC2CCN(S(=O)(=O)c3cc(Cl)ccc3Cl)C2)n1. The molecule has 0 saturated carbocycles. The first-order valence-corrected chi connectivity index (χ1v) is 9.89. The summed E-state index contributed by atoms with van der Waals surface area (Å²) in [6.45, 7) is 4.25. The first-order chi connectivity index (χ1) is 11.8. The molecule has 3 rings (SSSR count). The van der Waals surface area contributed by atoms with Crippen molar-refractivity contribution in [3.8, 4) is 6.01 Å². The Bertz CT molecular complexity index is 885. The molecule has 0 N–H and O–H groups in total. The van der Waals surface area contributed by atoms with E-state index in [1.54, 1.807) is 6.07 Å². The van der Waals surface area contributed by atoms with E-state index in [1.165, 1.54) is 16.4 Å². The Kier molecular flexibility index (Phi) is 5.20. The standard InChI is InChI=1S/C16H17Cl2N3O3S/c1-10-7-11(2)20-16(19-10)24-13-5-6-21(9-13)25(22,23)15-8-12(17)3-4-14(15)18/h3-4,7-8,13H,5-6,9H2,1-2H3. The minimum atomic E-state index is -3.74. The predicted molar refractivity (Wildman–Crippen MR) is 95.8 cm³/mol. The highest BCUT2D eigenvalue weighted by atomic mass is 35.5. The maximum atomic E-state index is 12.8. The van der Waals surface area contributed by atoms with Crippen LogP contribution in [-0.2, 0) is 10.0 Å². The van der Waals surface area contributed by atoms with E-state index >= 15 is 0 Å². The van der Waals surface area contributed by atoms with E-state index < -0.39 is 10.0 Å². The van der Waals surface area contributed by atoms with Gasteiger partial charge < -0.3 is 4.74 Å². The second-order valence-electron chi connectivity index (χ2n) is 5.90. The van der Waals surface area contributed by atoms with Crippen LogP contribution in [0.15, 0.2) is 29.2 Å². The van der Waals surface area contributed by atoms with Gasteiger partial charge in [0.2, 0.25) is 10.0 Å². The third-order valence-corrected chi connectivity index (χ3v) is 6.43. The third kappa shape index (κ3) is 4.06. The molecule has 0 aliphatic carbocycles. The van der Waals surface area contributed by atoms with Crippen LogP contribution in [0.4, 0.5) is 0 Å². The topological polar surface area (TPSA) is 72.4 Å². The molecular formula is C16H17Cl2N3O3S. The van der Waals surface area contributed by atoms with Gasteiger partial charge in [0.25, 0.3) is 0 Å². The number of ether oxygens (including phenoxy) is 1. The highest BCUT2D eigenvalue weighted by Gasteiger charge is 2.35. The average molecular weight is 402 g/mol. The maximum Gasteiger partial charge on any atom is 0.317 e. The van der Waals surface area contributed by atoms with Gasteiger partial charge in [-0.3, -0.25) is 0 Å². The van der Waals surface area contributed by atoms with Gasteiger partial charge in [-0.1, -0.05) is 23.2 Å². The summed E-state index contributed by atoms with van der Waals surface area (Å²) in [5.41, 5.74) is 1.60. The molecule has 0 spiro atoms. The van der Waals surface area contributed by atoms with Gasteiger partial charge >= 0.3 is 6.01 Å². The fraction of sp³-hybridized carbons (Fsp3) is 0.375. The summed E-state index contributed by atoms with van der Waals surface area (Å²) in [4.78, 5) is 8.46.